The number of thiophene rings is 1. The van der Waals surface area contributed by atoms with E-state index < -0.39 is 229 Å². The maximum atomic E-state index is 9.58. The third kappa shape index (κ3) is 4.65. The van der Waals surface area contributed by atoms with E-state index in [9.17, 15) is 8.22 Å². The fourth-order valence-electron chi connectivity index (χ4n) is 5.88. The molecule has 0 fully saturated rings. The SMILES string of the molecule is [2H]c1c([2H])c(-c2ncnc3c2oc2c([2H])c([2H])c(-c4cc([2H])c5c([2H])c(-c6c([2H])c([2H])c7c([2H])c([2H])c([2H])c([2H])c7c6[2H])c([2H])c([2H])c5c4[2H])c([2H])c23)c([2H])c(-c2c([2H])c([2H])c([2H])c3c2sc2c([2H])c([2H])c([2H])c([2H])c23)c1[2H]. The summed E-state index contributed by atoms with van der Waals surface area (Å²) < 4.78 is 237. The van der Waals surface area contributed by atoms with Crippen LogP contribution in [0.2, 0.25) is 0 Å². The van der Waals surface area contributed by atoms with Crippen LogP contribution >= 0.6 is 11.3 Å². The molecule has 0 saturated carbocycles. The summed E-state index contributed by atoms with van der Waals surface area (Å²) in [6.45, 7) is 0. The lowest BCUT2D eigenvalue weighted by molar-refractivity contribution is 0.667. The molecule has 0 aliphatic rings. The number of nitrogens with zero attached hydrogens (tertiary/aromatic N) is 2. The first-order valence-corrected chi connectivity index (χ1v) is 16.2. The van der Waals surface area contributed by atoms with Gasteiger partial charge in [0.2, 0.25) is 0 Å². The molecule has 11 aromatic rings. The van der Waals surface area contributed by atoms with Crippen molar-refractivity contribution in [3.63, 3.8) is 0 Å². The number of furan rings is 1. The fraction of sp³-hybridized carbons (Fsp3) is 0. The van der Waals surface area contributed by atoms with Crippen molar-refractivity contribution in [1.29, 1.82) is 0 Å². The van der Waals surface area contributed by atoms with Gasteiger partial charge in [-0.3, -0.25) is 0 Å². The zero-order valence-corrected chi connectivity index (χ0v) is 26.7. The van der Waals surface area contributed by atoms with Gasteiger partial charge in [-0.05, 0) is 97.2 Å². The van der Waals surface area contributed by atoms with Crippen molar-refractivity contribution < 1.29 is 40.1 Å². The predicted molar refractivity (Wildman–Crippen MR) is 219 cm³/mol. The highest BCUT2D eigenvalue weighted by atomic mass is 32.1. The molecule has 3 aromatic heterocycles. The minimum absolute atomic E-state index is 0.0450. The van der Waals surface area contributed by atoms with Crippen LogP contribution in [0.3, 0.4) is 0 Å². The summed E-state index contributed by atoms with van der Waals surface area (Å²) in [4.78, 5) is 8.57. The highest BCUT2D eigenvalue weighted by molar-refractivity contribution is 7.26. The Bertz CT molecular complexity index is 4700. The molecule has 0 bridgehead atoms. The average molecular weight is 707 g/mol. The van der Waals surface area contributed by atoms with Crippen LogP contribution in [-0.2, 0) is 0 Å². The van der Waals surface area contributed by atoms with Gasteiger partial charge in [-0.25, -0.2) is 9.97 Å². The van der Waals surface area contributed by atoms with Gasteiger partial charge < -0.3 is 4.42 Å². The third-order valence-electron chi connectivity index (χ3n) is 8.27. The zero-order chi connectivity index (χ0) is 56.8. The van der Waals surface area contributed by atoms with E-state index in [0.29, 0.717) is 0 Å². The van der Waals surface area contributed by atoms with E-state index in [2.05, 4.69) is 9.97 Å². The van der Waals surface area contributed by atoms with Crippen LogP contribution in [0.5, 0.6) is 0 Å². The van der Waals surface area contributed by atoms with Crippen molar-refractivity contribution in [3.05, 3.63) is 169 Å². The zero-order valence-electron chi connectivity index (χ0n) is 51.9. The molecule has 4 heteroatoms. The van der Waals surface area contributed by atoms with E-state index in [1.165, 1.54) is 0 Å². The Balaban J connectivity index is 1.14. The molecule has 3 heterocycles. The largest absolute Gasteiger partial charge is 0.452 e. The normalized spacial score (nSPS) is 18.8. The van der Waals surface area contributed by atoms with Crippen LogP contribution in [-0.4, -0.2) is 9.97 Å². The first kappa shape index (κ1) is 13.5. The van der Waals surface area contributed by atoms with Crippen LogP contribution in [0, 0.1) is 0 Å². The van der Waals surface area contributed by atoms with E-state index in [0.717, 1.165) is 23.7 Å². The van der Waals surface area contributed by atoms with Crippen LogP contribution in [0.15, 0.2) is 174 Å². The van der Waals surface area contributed by atoms with E-state index in [1.807, 2.05) is 0 Å². The summed E-state index contributed by atoms with van der Waals surface area (Å²) in [6, 6.07) is -17.5. The molecular weight excluding hydrogens is 653 g/mol. The molecule has 0 atom stereocenters. The number of aromatic nitrogens is 2. The van der Waals surface area contributed by atoms with Crippen molar-refractivity contribution in [3.8, 4) is 44.6 Å². The Kier molecular flexibility index (Phi) is 2.97. The molecule has 0 spiro atoms. The van der Waals surface area contributed by atoms with Crippen molar-refractivity contribution >= 4 is 75.1 Å². The molecule has 242 valence electrons. The van der Waals surface area contributed by atoms with Gasteiger partial charge in [0.25, 0.3) is 0 Å². The summed E-state index contributed by atoms with van der Waals surface area (Å²) in [5, 5.41) is -2.54. The summed E-state index contributed by atoms with van der Waals surface area (Å²) in [5.74, 6) is 0. The highest BCUT2D eigenvalue weighted by Gasteiger charge is 2.17. The molecule has 0 N–H and O–H groups in total. The predicted octanol–water partition coefficient (Wildman–Crippen LogP) is 13.7. The summed E-state index contributed by atoms with van der Waals surface area (Å²) >= 11 is 0.722. The molecular formula is C48H28N2OS. The molecule has 3 nitrogen and oxygen atoms in total. The van der Waals surface area contributed by atoms with Gasteiger partial charge in [0.1, 0.15) is 23.1 Å². The van der Waals surface area contributed by atoms with Gasteiger partial charge in [0, 0.05) is 31.1 Å². The summed E-state index contributed by atoms with van der Waals surface area (Å²) in [7, 11) is 0. The van der Waals surface area contributed by atoms with Crippen molar-refractivity contribution in [2.75, 3.05) is 0 Å². The van der Waals surface area contributed by atoms with Gasteiger partial charge in [-0.2, -0.15) is 0 Å². The van der Waals surface area contributed by atoms with E-state index >= 15 is 0 Å². The average Bonchev–Trinajstić information content (AvgIpc) is 4.07. The Morgan fingerprint density at radius 2 is 1.17 bits per heavy atom. The number of fused-ring (bicyclic) bond motifs is 8. The minimum atomic E-state index is -0.867. The monoisotopic (exact) mass is 706 g/mol. The highest BCUT2D eigenvalue weighted by Crippen LogP contribution is 2.42. The second kappa shape index (κ2) is 11.5. The van der Waals surface area contributed by atoms with Crippen molar-refractivity contribution in [2.45, 2.75) is 0 Å². The molecule has 0 saturated heterocycles. The Morgan fingerprint density at radius 3 is 2.10 bits per heavy atom. The Labute approximate surface area is 339 Å². The van der Waals surface area contributed by atoms with E-state index in [-0.39, 0.29) is 36.6 Å². The first-order chi connectivity index (χ1) is 36.6. The van der Waals surface area contributed by atoms with E-state index in [4.69, 9.17) is 31.8 Å². The molecule has 52 heavy (non-hydrogen) atoms. The number of benzene rings is 8. The van der Waals surface area contributed by atoms with Crippen molar-refractivity contribution in [2.24, 2.45) is 0 Å². The lowest BCUT2D eigenvalue weighted by Gasteiger charge is -2.08. The first-order valence-electron chi connectivity index (χ1n) is 28.4. The van der Waals surface area contributed by atoms with Gasteiger partial charge >= 0.3 is 0 Å². The van der Waals surface area contributed by atoms with Gasteiger partial charge in [-0.15, -0.1) is 11.3 Å². The van der Waals surface area contributed by atoms with Gasteiger partial charge in [0.05, 0.1) is 35.6 Å². The quantitative estimate of drug-likeness (QED) is 0.183. The molecule has 0 aliphatic heterocycles. The van der Waals surface area contributed by atoms with Crippen LogP contribution in [0.4, 0.5) is 0 Å². The Hall–Kier alpha value is -6.62. The lowest BCUT2D eigenvalue weighted by Crippen LogP contribution is -1.88. The fourth-order valence-corrected chi connectivity index (χ4v) is 6.95. The maximum absolute atomic E-state index is 9.58. The van der Waals surface area contributed by atoms with Crippen LogP contribution in [0.25, 0.3) is 108 Å². The van der Waals surface area contributed by atoms with Gasteiger partial charge in [0.15, 0.2) is 5.58 Å². The standard InChI is InChI=1S/C48H28N2OS/c1-2-8-30-23-31(16-15-29(30)7-1)32-17-18-34-25-35(20-19-33(34)24-32)36-21-22-43-42(27-36)46-47(51-43)45(49-28-50-46)38-10-5-9-37(26-38)39-12-6-13-41-40-11-3-4-14-44(40)52-48(39)41/h1-28H/i1D,2D,3D,4D,5D,6D,7D,8D,9D,10D,11D,12D,13D,14D,15D,16D,17D,18D,19D,21D,22D,23D,24D,25D,26D,27D. The van der Waals surface area contributed by atoms with Crippen LogP contribution in [0.1, 0.15) is 35.6 Å². The molecule has 11 rings (SSSR count). The smallest absolute Gasteiger partial charge is 0.180 e. The molecule has 0 unspecified atom stereocenters. The molecule has 0 radical (unpaired) electrons. The van der Waals surface area contributed by atoms with Crippen LogP contribution < -0.4 is 0 Å². The number of hydrogen-bond donors (Lipinski definition) is 0. The minimum Gasteiger partial charge on any atom is -0.452 e. The lowest BCUT2D eigenvalue weighted by atomic mass is 9.96. The number of rotatable bonds is 4. The maximum Gasteiger partial charge on any atom is 0.180 e. The summed E-state index contributed by atoms with van der Waals surface area (Å²) in [6.07, 6.45) is 0.933. The number of hydrogen-bond acceptors (Lipinski definition) is 4. The van der Waals surface area contributed by atoms with Gasteiger partial charge in [-0.1, -0.05) is 121 Å². The molecule has 0 aliphatic carbocycles. The third-order valence-corrected chi connectivity index (χ3v) is 9.40. The molecule has 8 aromatic carbocycles. The van der Waals surface area contributed by atoms with E-state index in [1.54, 1.807) is 0 Å². The van der Waals surface area contributed by atoms with Crippen molar-refractivity contribution in [1.82, 2.24) is 9.97 Å². The Morgan fingerprint density at radius 1 is 0.481 bits per heavy atom. The topological polar surface area (TPSA) is 38.9 Å². The molecule has 0 amide bonds. The second-order valence-corrected chi connectivity index (χ2v) is 12.3. The summed E-state index contributed by atoms with van der Waals surface area (Å²) in [5.41, 5.74) is -5.05. The second-order valence-electron chi connectivity index (χ2n) is 11.3.